The van der Waals surface area contributed by atoms with Crippen LogP contribution >= 0.6 is 0 Å². The van der Waals surface area contributed by atoms with Gasteiger partial charge in [-0.05, 0) is 25.7 Å². The molecule has 0 spiro atoms. The van der Waals surface area contributed by atoms with E-state index in [1.807, 2.05) is 0 Å². The maximum Gasteiger partial charge on any atom is 0.243 e. The molecular formula is C13H18N4O2. The van der Waals surface area contributed by atoms with Crippen LogP contribution in [0.1, 0.15) is 31.5 Å². The van der Waals surface area contributed by atoms with E-state index in [1.165, 1.54) is 0 Å². The quantitative estimate of drug-likeness (QED) is 0.826. The van der Waals surface area contributed by atoms with Crippen molar-refractivity contribution in [2.24, 2.45) is 5.92 Å². The average molecular weight is 262 g/mol. The van der Waals surface area contributed by atoms with E-state index in [0.29, 0.717) is 13.1 Å². The standard InChI is InChI=1S/C13H18N4O2/c18-12(16-8-11-14-5-6-15-11)10-2-1-7-17(10)13(19)9-3-4-9/h5-6,9-10H,1-4,7-8H2,(H,14,15)(H,16,18). The smallest absolute Gasteiger partial charge is 0.243 e. The molecule has 6 nitrogen and oxygen atoms in total. The van der Waals surface area contributed by atoms with Crippen LogP contribution in [-0.4, -0.2) is 39.3 Å². The number of amides is 2. The molecule has 1 unspecified atom stereocenters. The summed E-state index contributed by atoms with van der Waals surface area (Å²) in [5, 5.41) is 2.84. The van der Waals surface area contributed by atoms with Crippen LogP contribution < -0.4 is 5.32 Å². The Morgan fingerprint density at radius 2 is 2.26 bits per heavy atom. The molecule has 19 heavy (non-hydrogen) atoms. The molecular weight excluding hydrogens is 244 g/mol. The molecule has 102 valence electrons. The maximum absolute atomic E-state index is 12.2. The van der Waals surface area contributed by atoms with E-state index in [1.54, 1.807) is 17.3 Å². The summed E-state index contributed by atoms with van der Waals surface area (Å²) < 4.78 is 0. The number of H-pyrrole nitrogens is 1. The number of rotatable bonds is 4. The second-order valence-corrected chi connectivity index (χ2v) is 5.22. The molecule has 3 rings (SSSR count). The number of likely N-dealkylation sites (tertiary alicyclic amines) is 1. The Kier molecular flexibility index (Phi) is 3.23. The first-order valence-corrected chi connectivity index (χ1v) is 6.82. The van der Waals surface area contributed by atoms with Crippen molar-refractivity contribution in [1.82, 2.24) is 20.2 Å². The average Bonchev–Trinajstić information content (AvgIpc) is 2.94. The Morgan fingerprint density at radius 3 is 2.95 bits per heavy atom. The van der Waals surface area contributed by atoms with Crippen molar-refractivity contribution in [2.45, 2.75) is 38.3 Å². The van der Waals surface area contributed by atoms with Gasteiger partial charge < -0.3 is 15.2 Å². The van der Waals surface area contributed by atoms with Crippen LogP contribution in [0.4, 0.5) is 0 Å². The van der Waals surface area contributed by atoms with Gasteiger partial charge in [0.05, 0.1) is 6.54 Å². The molecule has 1 aromatic rings. The highest BCUT2D eigenvalue weighted by atomic mass is 16.2. The first kappa shape index (κ1) is 12.2. The van der Waals surface area contributed by atoms with Crippen LogP contribution in [0.3, 0.4) is 0 Å². The number of hydrogen-bond acceptors (Lipinski definition) is 3. The van der Waals surface area contributed by atoms with Crippen molar-refractivity contribution in [2.75, 3.05) is 6.54 Å². The fourth-order valence-corrected chi connectivity index (χ4v) is 2.55. The third-order valence-corrected chi connectivity index (χ3v) is 3.75. The molecule has 2 fully saturated rings. The summed E-state index contributed by atoms with van der Waals surface area (Å²) >= 11 is 0. The Labute approximate surface area is 111 Å². The van der Waals surface area contributed by atoms with Gasteiger partial charge in [-0.2, -0.15) is 0 Å². The summed E-state index contributed by atoms with van der Waals surface area (Å²) in [7, 11) is 0. The normalized spacial score (nSPS) is 22.5. The topological polar surface area (TPSA) is 78.1 Å². The Balaban J connectivity index is 1.57. The number of hydrogen-bond donors (Lipinski definition) is 2. The van der Waals surface area contributed by atoms with Crippen LogP contribution in [0, 0.1) is 5.92 Å². The molecule has 0 radical (unpaired) electrons. The molecule has 1 atom stereocenters. The minimum absolute atomic E-state index is 0.0668. The molecule has 0 bridgehead atoms. The van der Waals surface area contributed by atoms with Gasteiger partial charge in [0, 0.05) is 24.9 Å². The molecule has 1 aliphatic carbocycles. The Hall–Kier alpha value is -1.85. The van der Waals surface area contributed by atoms with Crippen molar-refractivity contribution in [1.29, 1.82) is 0 Å². The lowest BCUT2D eigenvalue weighted by atomic mass is 10.2. The van der Waals surface area contributed by atoms with Gasteiger partial charge in [0.2, 0.25) is 11.8 Å². The van der Waals surface area contributed by atoms with E-state index < -0.39 is 0 Å². The van der Waals surface area contributed by atoms with Gasteiger partial charge in [-0.25, -0.2) is 4.98 Å². The third kappa shape index (κ3) is 2.62. The zero-order valence-corrected chi connectivity index (χ0v) is 10.8. The number of nitrogens with zero attached hydrogens (tertiary/aromatic N) is 2. The SMILES string of the molecule is O=C(NCc1ncc[nH]1)C1CCCN1C(=O)C1CC1. The van der Waals surface area contributed by atoms with Crippen LogP contribution in [0.5, 0.6) is 0 Å². The van der Waals surface area contributed by atoms with Gasteiger partial charge in [-0.15, -0.1) is 0 Å². The summed E-state index contributed by atoms with van der Waals surface area (Å²) in [5.41, 5.74) is 0. The van der Waals surface area contributed by atoms with Gasteiger partial charge in [-0.1, -0.05) is 0 Å². The minimum atomic E-state index is -0.289. The summed E-state index contributed by atoms with van der Waals surface area (Å²) in [5.74, 6) is 1.00. The van der Waals surface area contributed by atoms with E-state index in [-0.39, 0.29) is 23.8 Å². The minimum Gasteiger partial charge on any atom is -0.347 e. The fraction of sp³-hybridized carbons (Fsp3) is 0.615. The van der Waals surface area contributed by atoms with E-state index in [9.17, 15) is 9.59 Å². The summed E-state index contributed by atoms with van der Waals surface area (Å²) in [4.78, 5) is 33.0. The first-order chi connectivity index (χ1) is 9.25. The largest absolute Gasteiger partial charge is 0.347 e. The predicted octanol–water partition coefficient (Wildman–Crippen LogP) is 0.427. The van der Waals surface area contributed by atoms with Gasteiger partial charge >= 0.3 is 0 Å². The second-order valence-electron chi connectivity index (χ2n) is 5.22. The molecule has 2 amide bonds. The van der Waals surface area contributed by atoms with Crippen LogP contribution in [0.15, 0.2) is 12.4 Å². The number of aromatic amines is 1. The van der Waals surface area contributed by atoms with Crippen molar-refractivity contribution >= 4 is 11.8 Å². The molecule has 2 aliphatic rings. The summed E-state index contributed by atoms with van der Waals surface area (Å²) in [6.45, 7) is 1.10. The molecule has 6 heteroatoms. The van der Waals surface area contributed by atoms with Crippen LogP contribution in [0.25, 0.3) is 0 Å². The highest BCUT2D eigenvalue weighted by molar-refractivity contribution is 5.89. The Bertz CT molecular complexity index is 467. The number of carbonyl (C=O) groups excluding carboxylic acids is 2. The zero-order chi connectivity index (χ0) is 13.2. The fourth-order valence-electron chi connectivity index (χ4n) is 2.55. The molecule has 2 heterocycles. The van der Waals surface area contributed by atoms with E-state index in [2.05, 4.69) is 15.3 Å². The lowest BCUT2D eigenvalue weighted by molar-refractivity contribution is -0.139. The van der Waals surface area contributed by atoms with E-state index in [4.69, 9.17) is 0 Å². The number of carbonyl (C=O) groups is 2. The van der Waals surface area contributed by atoms with Crippen LogP contribution in [0.2, 0.25) is 0 Å². The van der Waals surface area contributed by atoms with Crippen molar-refractivity contribution in [3.05, 3.63) is 18.2 Å². The lowest BCUT2D eigenvalue weighted by Gasteiger charge is -2.23. The summed E-state index contributed by atoms with van der Waals surface area (Å²) in [6.07, 6.45) is 7.02. The zero-order valence-electron chi connectivity index (χ0n) is 10.8. The first-order valence-electron chi connectivity index (χ1n) is 6.82. The number of imidazole rings is 1. The van der Waals surface area contributed by atoms with Gasteiger partial charge in [-0.3, -0.25) is 9.59 Å². The highest BCUT2D eigenvalue weighted by Crippen LogP contribution is 2.33. The van der Waals surface area contributed by atoms with E-state index in [0.717, 1.165) is 31.5 Å². The molecule has 1 aliphatic heterocycles. The lowest BCUT2D eigenvalue weighted by Crippen LogP contribution is -2.46. The predicted molar refractivity (Wildman–Crippen MR) is 67.9 cm³/mol. The van der Waals surface area contributed by atoms with E-state index >= 15 is 0 Å². The second kappa shape index (κ2) is 5.03. The number of nitrogens with one attached hydrogen (secondary N) is 2. The Morgan fingerprint density at radius 1 is 1.42 bits per heavy atom. The molecule has 2 N–H and O–H groups in total. The van der Waals surface area contributed by atoms with Crippen LogP contribution in [-0.2, 0) is 16.1 Å². The third-order valence-electron chi connectivity index (χ3n) is 3.75. The summed E-state index contributed by atoms with van der Waals surface area (Å²) in [6, 6.07) is -0.289. The molecule has 1 saturated carbocycles. The number of aromatic nitrogens is 2. The van der Waals surface area contributed by atoms with Gasteiger partial charge in [0.25, 0.3) is 0 Å². The maximum atomic E-state index is 12.2. The van der Waals surface area contributed by atoms with Gasteiger partial charge in [0.15, 0.2) is 0 Å². The molecule has 0 aromatic carbocycles. The van der Waals surface area contributed by atoms with Crippen molar-refractivity contribution < 1.29 is 9.59 Å². The van der Waals surface area contributed by atoms with Crippen molar-refractivity contribution in [3.63, 3.8) is 0 Å². The molecule has 1 aromatic heterocycles. The van der Waals surface area contributed by atoms with Gasteiger partial charge in [0.1, 0.15) is 11.9 Å². The molecule has 1 saturated heterocycles. The van der Waals surface area contributed by atoms with Crippen molar-refractivity contribution in [3.8, 4) is 0 Å². The monoisotopic (exact) mass is 262 g/mol. The highest BCUT2D eigenvalue weighted by Gasteiger charge is 2.40.